The van der Waals surface area contributed by atoms with Crippen molar-refractivity contribution in [2.24, 2.45) is 5.73 Å². The highest BCUT2D eigenvalue weighted by Crippen LogP contribution is 2.31. The Kier molecular flexibility index (Phi) is 5.47. The molecule has 134 valence electrons. The van der Waals surface area contributed by atoms with Crippen molar-refractivity contribution in [1.82, 2.24) is 9.69 Å². The molecule has 0 unspecified atom stereocenters. The van der Waals surface area contributed by atoms with Gasteiger partial charge in [0.15, 0.2) is 11.6 Å². The van der Waals surface area contributed by atoms with E-state index >= 15 is 0 Å². The fraction of sp³-hybridized carbons (Fsp3) is 0.214. The van der Waals surface area contributed by atoms with E-state index in [-0.39, 0.29) is 22.0 Å². The lowest BCUT2D eigenvalue weighted by molar-refractivity contribution is 0.0996. The lowest BCUT2D eigenvalue weighted by Crippen LogP contribution is -2.25. The zero-order valence-electron chi connectivity index (χ0n) is 13.1. The average molecular weight is 374 g/mol. The molecule has 1 aromatic heterocycles. The summed E-state index contributed by atoms with van der Waals surface area (Å²) >= 11 is 0.688. The van der Waals surface area contributed by atoms with Crippen LogP contribution >= 0.6 is 11.5 Å². The first-order valence-corrected chi connectivity index (χ1v) is 7.57. The smallest absolute Gasteiger partial charge is 0.319 e. The number of nitrogens with zero attached hydrogens (tertiary/aromatic N) is 1. The van der Waals surface area contributed by atoms with Gasteiger partial charge in [-0.1, -0.05) is 0 Å². The highest BCUT2D eigenvalue weighted by atomic mass is 32.1. The number of aromatic nitrogens is 1. The molecule has 0 atom stereocenters. The number of carbonyl (C=O) groups excluding carboxylic acids is 2. The molecule has 2 aromatic rings. The van der Waals surface area contributed by atoms with Crippen molar-refractivity contribution in [1.29, 1.82) is 0 Å². The summed E-state index contributed by atoms with van der Waals surface area (Å²) in [6, 6.07) is 0.196. The Morgan fingerprint density at radius 2 is 2.00 bits per heavy atom. The number of aryl methyl sites for hydroxylation is 1. The van der Waals surface area contributed by atoms with Gasteiger partial charge in [0.1, 0.15) is 23.0 Å². The number of amides is 3. The first kappa shape index (κ1) is 18.5. The van der Waals surface area contributed by atoms with E-state index in [1.807, 2.05) is 0 Å². The molecule has 0 radical (unpaired) electrons. The van der Waals surface area contributed by atoms with Crippen LogP contribution in [0.15, 0.2) is 6.07 Å². The number of hydrogen-bond donors (Lipinski definition) is 3. The zero-order valence-corrected chi connectivity index (χ0v) is 13.9. The van der Waals surface area contributed by atoms with E-state index in [1.165, 1.54) is 14.0 Å². The van der Waals surface area contributed by atoms with E-state index in [2.05, 4.69) is 15.0 Å². The number of nitrogens with one attached hydrogen (secondary N) is 2. The van der Waals surface area contributed by atoms with Gasteiger partial charge in [0.25, 0.3) is 5.91 Å². The van der Waals surface area contributed by atoms with Crippen molar-refractivity contribution in [3.8, 4) is 5.88 Å². The SMILES string of the molecule is CNC(=O)Nc1snc(OCc2c(F)cc(C)c(F)c2F)c1C(N)=O. The second-order valence-corrected chi connectivity index (χ2v) is 5.60. The normalized spacial score (nSPS) is 10.4. The van der Waals surface area contributed by atoms with Crippen LogP contribution in [0.5, 0.6) is 5.88 Å². The van der Waals surface area contributed by atoms with Gasteiger partial charge in [-0.15, -0.1) is 0 Å². The molecule has 7 nitrogen and oxygen atoms in total. The number of anilines is 1. The van der Waals surface area contributed by atoms with Gasteiger partial charge in [0, 0.05) is 7.05 Å². The number of urea groups is 1. The van der Waals surface area contributed by atoms with Crippen molar-refractivity contribution in [3.63, 3.8) is 0 Å². The van der Waals surface area contributed by atoms with E-state index in [1.54, 1.807) is 0 Å². The molecule has 0 spiro atoms. The van der Waals surface area contributed by atoms with Crippen molar-refractivity contribution in [2.75, 3.05) is 12.4 Å². The van der Waals surface area contributed by atoms with E-state index < -0.39 is 41.6 Å². The molecule has 25 heavy (non-hydrogen) atoms. The minimum atomic E-state index is -1.39. The summed E-state index contributed by atoms with van der Waals surface area (Å²) in [5.74, 6) is -4.89. The van der Waals surface area contributed by atoms with Crippen LogP contribution in [0.2, 0.25) is 0 Å². The topological polar surface area (TPSA) is 106 Å². The van der Waals surface area contributed by atoms with E-state index in [4.69, 9.17) is 10.5 Å². The van der Waals surface area contributed by atoms with Crippen molar-refractivity contribution in [3.05, 3.63) is 40.2 Å². The van der Waals surface area contributed by atoms with Crippen molar-refractivity contribution < 1.29 is 27.5 Å². The van der Waals surface area contributed by atoms with Gasteiger partial charge in [-0.25, -0.2) is 18.0 Å². The lowest BCUT2D eigenvalue weighted by Gasteiger charge is -2.09. The van der Waals surface area contributed by atoms with Crippen molar-refractivity contribution >= 4 is 28.5 Å². The third kappa shape index (κ3) is 3.82. The van der Waals surface area contributed by atoms with Crippen LogP contribution < -0.4 is 21.1 Å². The summed E-state index contributed by atoms with van der Waals surface area (Å²) in [4.78, 5) is 22.9. The maximum Gasteiger partial charge on any atom is 0.319 e. The standard InChI is InChI=1S/C14H13F3N4O3S/c1-5-3-7(15)6(10(17)9(5)16)4-24-12-8(11(18)22)13(25-21-12)20-14(23)19-2/h3H,4H2,1-2H3,(H2,18,22)(H2,19,20,23). The van der Waals surface area contributed by atoms with Crippen LogP contribution in [-0.2, 0) is 6.61 Å². The number of hydrogen-bond acceptors (Lipinski definition) is 5. The number of carbonyl (C=O) groups is 2. The Morgan fingerprint density at radius 3 is 2.60 bits per heavy atom. The fourth-order valence-electron chi connectivity index (χ4n) is 1.87. The Bertz CT molecular complexity index is 841. The van der Waals surface area contributed by atoms with E-state index in [0.717, 1.165) is 6.07 Å². The molecule has 0 bridgehead atoms. The van der Waals surface area contributed by atoms with Gasteiger partial charge in [-0.05, 0) is 30.1 Å². The molecular weight excluding hydrogens is 361 g/mol. The predicted molar refractivity (Wildman–Crippen MR) is 84.1 cm³/mol. The molecule has 2 rings (SSSR count). The molecule has 1 aromatic carbocycles. The first-order valence-electron chi connectivity index (χ1n) is 6.80. The monoisotopic (exact) mass is 374 g/mol. The molecule has 0 fully saturated rings. The number of nitrogens with two attached hydrogens (primary N) is 1. The van der Waals surface area contributed by atoms with Gasteiger partial charge >= 0.3 is 6.03 Å². The Morgan fingerprint density at radius 1 is 1.32 bits per heavy atom. The average Bonchev–Trinajstić information content (AvgIpc) is 2.95. The number of primary amides is 1. The van der Waals surface area contributed by atoms with Crippen LogP contribution in [0.25, 0.3) is 0 Å². The number of halogens is 3. The maximum absolute atomic E-state index is 13.8. The first-order chi connectivity index (χ1) is 11.8. The second kappa shape index (κ2) is 7.38. The predicted octanol–water partition coefficient (Wildman–Crippen LogP) is 2.30. The van der Waals surface area contributed by atoms with E-state index in [9.17, 15) is 22.8 Å². The lowest BCUT2D eigenvalue weighted by atomic mass is 10.1. The van der Waals surface area contributed by atoms with Gasteiger partial charge in [-0.3, -0.25) is 10.1 Å². The summed E-state index contributed by atoms with van der Waals surface area (Å²) in [5.41, 5.74) is 4.10. The maximum atomic E-state index is 13.8. The Balaban J connectivity index is 2.29. The summed E-state index contributed by atoms with van der Waals surface area (Å²) in [7, 11) is 1.36. The quantitative estimate of drug-likeness (QED) is 0.698. The molecule has 1 heterocycles. The molecule has 3 amide bonds. The highest BCUT2D eigenvalue weighted by Gasteiger charge is 2.23. The number of rotatable bonds is 5. The number of ether oxygens (including phenoxy) is 1. The Labute approximate surface area is 144 Å². The highest BCUT2D eigenvalue weighted by molar-refractivity contribution is 7.11. The third-order valence-electron chi connectivity index (χ3n) is 3.15. The molecule has 0 aliphatic heterocycles. The number of benzene rings is 1. The van der Waals surface area contributed by atoms with E-state index in [0.29, 0.717) is 11.5 Å². The van der Waals surface area contributed by atoms with Crippen LogP contribution in [0.1, 0.15) is 21.5 Å². The zero-order chi connectivity index (χ0) is 18.7. The minimum Gasteiger partial charge on any atom is -0.471 e. The van der Waals surface area contributed by atoms with Crippen LogP contribution in [-0.4, -0.2) is 23.4 Å². The molecule has 4 N–H and O–H groups in total. The largest absolute Gasteiger partial charge is 0.471 e. The fourth-order valence-corrected chi connectivity index (χ4v) is 2.60. The third-order valence-corrected chi connectivity index (χ3v) is 3.90. The van der Waals surface area contributed by atoms with Crippen LogP contribution in [0.4, 0.5) is 23.0 Å². The van der Waals surface area contributed by atoms with Gasteiger partial charge < -0.3 is 15.8 Å². The minimum absolute atomic E-state index is 0.00196. The van der Waals surface area contributed by atoms with Crippen LogP contribution in [0, 0.1) is 24.4 Å². The van der Waals surface area contributed by atoms with Crippen molar-refractivity contribution in [2.45, 2.75) is 13.5 Å². The summed E-state index contributed by atoms with van der Waals surface area (Å²) in [6.07, 6.45) is 0. The van der Waals surface area contributed by atoms with Gasteiger partial charge in [-0.2, -0.15) is 4.37 Å². The molecular formula is C14H13F3N4O3S. The molecule has 0 aliphatic rings. The van der Waals surface area contributed by atoms with Crippen LogP contribution in [0.3, 0.4) is 0 Å². The summed E-state index contributed by atoms with van der Waals surface area (Å²) in [6.45, 7) is 0.493. The Hall–Kier alpha value is -2.82. The second-order valence-electron chi connectivity index (χ2n) is 4.83. The summed E-state index contributed by atoms with van der Waals surface area (Å²) in [5, 5.41) is 4.58. The van der Waals surface area contributed by atoms with Gasteiger partial charge in [0.2, 0.25) is 5.88 Å². The van der Waals surface area contributed by atoms with Gasteiger partial charge in [0.05, 0.1) is 5.56 Å². The molecule has 0 aliphatic carbocycles. The summed E-state index contributed by atoms with van der Waals surface area (Å²) < 4.78 is 50.1. The molecule has 11 heteroatoms. The molecule has 0 saturated carbocycles. The molecule has 0 saturated heterocycles.